The molecule has 0 aliphatic carbocycles. The molecular formula is C19H24FN3O2SSi. The quantitative estimate of drug-likeness (QED) is 0.441. The monoisotopic (exact) mass is 405 g/mol. The zero-order valence-electron chi connectivity index (χ0n) is 15.7. The first-order valence-electron chi connectivity index (χ1n) is 8.80. The third-order valence-electron chi connectivity index (χ3n) is 4.24. The first kappa shape index (κ1) is 19.9. The maximum atomic E-state index is 13.8. The van der Waals surface area contributed by atoms with Crippen LogP contribution in [-0.2, 0) is 11.5 Å². The zero-order valence-corrected chi connectivity index (χ0v) is 17.5. The van der Waals surface area contributed by atoms with E-state index in [4.69, 9.17) is 4.74 Å². The van der Waals surface area contributed by atoms with Gasteiger partial charge in [-0.25, -0.2) is 14.4 Å². The van der Waals surface area contributed by atoms with Crippen LogP contribution in [0.3, 0.4) is 0 Å². The van der Waals surface area contributed by atoms with Gasteiger partial charge in [0.05, 0.1) is 11.2 Å². The van der Waals surface area contributed by atoms with Gasteiger partial charge in [-0.3, -0.25) is 0 Å². The van der Waals surface area contributed by atoms with E-state index in [2.05, 4.69) is 29.6 Å². The summed E-state index contributed by atoms with van der Waals surface area (Å²) in [6.07, 6.45) is 2.41. The van der Waals surface area contributed by atoms with Gasteiger partial charge in [0.15, 0.2) is 0 Å². The maximum Gasteiger partial charge on any atom is 0.144 e. The Labute approximate surface area is 163 Å². The number of halogens is 1. The Balaban J connectivity index is 1.80. The highest BCUT2D eigenvalue weighted by Gasteiger charge is 2.21. The van der Waals surface area contributed by atoms with Gasteiger partial charge in [0.1, 0.15) is 24.5 Å². The first-order chi connectivity index (χ1) is 12.8. The summed E-state index contributed by atoms with van der Waals surface area (Å²) in [6.45, 7) is 7.92. The molecule has 0 radical (unpaired) electrons. The van der Waals surface area contributed by atoms with Crippen LogP contribution in [-0.4, -0.2) is 34.3 Å². The van der Waals surface area contributed by atoms with Gasteiger partial charge in [-0.05, 0) is 23.7 Å². The summed E-state index contributed by atoms with van der Waals surface area (Å²) >= 11 is 1.42. The smallest absolute Gasteiger partial charge is 0.144 e. The van der Waals surface area contributed by atoms with Gasteiger partial charge >= 0.3 is 0 Å². The summed E-state index contributed by atoms with van der Waals surface area (Å²) in [5.41, 5.74) is 3.46. The number of aromatic nitrogens is 3. The molecule has 0 saturated heterocycles. The van der Waals surface area contributed by atoms with Crippen molar-refractivity contribution in [3.8, 4) is 11.3 Å². The first-order valence-corrected chi connectivity index (χ1v) is 13.4. The second-order valence-corrected chi connectivity index (χ2v) is 14.0. The van der Waals surface area contributed by atoms with Crippen molar-refractivity contribution in [1.29, 1.82) is 0 Å². The van der Waals surface area contributed by atoms with Crippen molar-refractivity contribution in [3.63, 3.8) is 0 Å². The number of nitrogens with zero attached hydrogens (tertiary/aromatic N) is 3. The van der Waals surface area contributed by atoms with Gasteiger partial charge in [-0.1, -0.05) is 25.7 Å². The van der Waals surface area contributed by atoms with Crippen LogP contribution in [0.15, 0.2) is 41.5 Å². The second kappa shape index (κ2) is 8.43. The predicted molar refractivity (Wildman–Crippen MR) is 108 cm³/mol. The third kappa shape index (κ3) is 5.10. The SMILES string of the molecule is C[Si](C)(C)CCOCn1ccnc1C(O)c1ccc(F)cc1-c1cscn1. The maximum absolute atomic E-state index is 13.8. The number of ether oxygens (including phenoxy) is 1. The van der Waals surface area contributed by atoms with Gasteiger partial charge in [0.2, 0.25) is 0 Å². The van der Waals surface area contributed by atoms with Crippen LogP contribution in [0, 0.1) is 5.82 Å². The van der Waals surface area contributed by atoms with Crippen molar-refractivity contribution < 1.29 is 14.2 Å². The molecule has 8 heteroatoms. The Kier molecular flexibility index (Phi) is 6.21. The molecule has 3 aromatic rings. The molecule has 0 amide bonds. The van der Waals surface area contributed by atoms with Gasteiger partial charge in [0.25, 0.3) is 0 Å². The molecule has 1 atom stereocenters. The lowest BCUT2D eigenvalue weighted by molar-refractivity contribution is 0.0787. The number of aliphatic hydroxyl groups is 1. The Morgan fingerprint density at radius 1 is 1.30 bits per heavy atom. The molecule has 144 valence electrons. The Bertz CT molecular complexity index is 877. The number of benzene rings is 1. The fourth-order valence-corrected chi connectivity index (χ4v) is 4.00. The molecule has 27 heavy (non-hydrogen) atoms. The summed E-state index contributed by atoms with van der Waals surface area (Å²) in [5, 5.41) is 12.8. The number of imidazole rings is 1. The van der Waals surface area contributed by atoms with Crippen LogP contribution in [0.1, 0.15) is 17.5 Å². The normalized spacial score (nSPS) is 13.1. The van der Waals surface area contributed by atoms with Gasteiger partial charge in [0, 0.05) is 38.0 Å². The van der Waals surface area contributed by atoms with Crippen molar-refractivity contribution in [3.05, 3.63) is 58.7 Å². The minimum atomic E-state index is -1.15. The lowest BCUT2D eigenvalue weighted by atomic mass is 9.99. The Morgan fingerprint density at radius 2 is 2.11 bits per heavy atom. The molecule has 1 unspecified atom stereocenters. The van der Waals surface area contributed by atoms with Gasteiger partial charge in [-0.15, -0.1) is 11.3 Å². The number of thiazole rings is 1. The van der Waals surface area contributed by atoms with Crippen LogP contribution >= 0.6 is 11.3 Å². The summed E-state index contributed by atoms with van der Waals surface area (Å²) < 4.78 is 21.3. The van der Waals surface area contributed by atoms with E-state index in [0.29, 0.717) is 36.0 Å². The Morgan fingerprint density at radius 3 is 2.81 bits per heavy atom. The highest BCUT2D eigenvalue weighted by Crippen LogP contribution is 2.32. The molecule has 0 aliphatic heterocycles. The molecule has 1 N–H and O–H groups in total. The fourth-order valence-electron chi connectivity index (χ4n) is 2.69. The minimum absolute atomic E-state index is 0.324. The number of hydrogen-bond donors (Lipinski definition) is 1. The van der Waals surface area contributed by atoms with E-state index in [1.165, 1.54) is 23.5 Å². The predicted octanol–water partition coefficient (Wildman–Crippen LogP) is 4.54. The summed E-state index contributed by atoms with van der Waals surface area (Å²) in [4.78, 5) is 8.55. The largest absolute Gasteiger partial charge is 0.380 e. The van der Waals surface area contributed by atoms with Crippen molar-refractivity contribution in [1.82, 2.24) is 14.5 Å². The van der Waals surface area contributed by atoms with E-state index < -0.39 is 14.2 Å². The molecule has 5 nitrogen and oxygen atoms in total. The van der Waals surface area contributed by atoms with E-state index in [1.54, 1.807) is 28.5 Å². The standard InChI is InChI=1S/C19H24FN3O2SSi/c1-27(2,3)9-8-25-13-23-7-6-21-19(23)18(24)15-5-4-14(20)10-16(15)17-11-26-12-22-17/h4-7,10-12,18,24H,8-9,13H2,1-3H3. The van der Waals surface area contributed by atoms with Crippen LogP contribution in [0.5, 0.6) is 0 Å². The zero-order chi connectivity index (χ0) is 19.4. The molecule has 1 aromatic carbocycles. The Hall–Kier alpha value is -1.87. The van der Waals surface area contributed by atoms with E-state index in [9.17, 15) is 9.50 Å². The third-order valence-corrected chi connectivity index (χ3v) is 6.53. The summed E-state index contributed by atoms with van der Waals surface area (Å²) in [6, 6.07) is 5.39. The highest BCUT2D eigenvalue weighted by molar-refractivity contribution is 7.07. The lowest BCUT2D eigenvalue weighted by Crippen LogP contribution is -2.22. The van der Waals surface area contributed by atoms with Crippen LogP contribution in [0.4, 0.5) is 4.39 Å². The molecule has 2 aromatic heterocycles. The number of rotatable bonds is 8. The van der Waals surface area contributed by atoms with Crippen molar-refractivity contribution >= 4 is 19.4 Å². The number of hydrogen-bond acceptors (Lipinski definition) is 5. The molecule has 0 aliphatic rings. The van der Waals surface area contributed by atoms with Gasteiger partial charge in [-0.2, -0.15) is 0 Å². The summed E-state index contributed by atoms with van der Waals surface area (Å²) in [7, 11) is -1.15. The second-order valence-electron chi connectivity index (χ2n) is 7.61. The van der Waals surface area contributed by atoms with E-state index >= 15 is 0 Å². The average Bonchev–Trinajstić information content (AvgIpc) is 3.29. The minimum Gasteiger partial charge on any atom is -0.380 e. The topological polar surface area (TPSA) is 60.2 Å². The highest BCUT2D eigenvalue weighted by atomic mass is 32.1. The summed E-state index contributed by atoms with van der Waals surface area (Å²) in [5.74, 6) is 0.0954. The molecular weight excluding hydrogens is 381 g/mol. The van der Waals surface area contributed by atoms with Crippen LogP contribution in [0.25, 0.3) is 11.3 Å². The number of aliphatic hydroxyl groups excluding tert-OH is 1. The van der Waals surface area contributed by atoms with E-state index in [-0.39, 0.29) is 5.82 Å². The lowest BCUT2D eigenvalue weighted by Gasteiger charge is -2.18. The van der Waals surface area contributed by atoms with Crippen LogP contribution in [0.2, 0.25) is 25.7 Å². The van der Waals surface area contributed by atoms with E-state index in [0.717, 1.165) is 6.04 Å². The van der Waals surface area contributed by atoms with Crippen molar-refractivity contribution in [2.75, 3.05) is 6.61 Å². The average molecular weight is 406 g/mol. The molecule has 0 saturated carbocycles. The van der Waals surface area contributed by atoms with E-state index in [1.807, 2.05) is 5.38 Å². The van der Waals surface area contributed by atoms with Crippen LogP contribution < -0.4 is 0 Å². The van der Waals surface area contributed by atoms with Gasteiger partial charge < -0.3 is 14.4 Å². The molecule has 0 bridgehead atoms. The van der Waals surface area contributed by atoms with Crippen molar-refractivity contribution in [2.24, 2.45) is 0 Å². The molecule has 0 spiro atoms. The molecule has 3 rings (SSSR count). The fraction of sp³-hybridized carbons (Fsp3) is 0.368. The molecule has 0 fully saturated rings. The molecule has 2 heterocycles. The van der Waals surface area contributed by atoms with Crippen molar-refractivity contribution in [2.45, 2.75) is 38.5 Å².